The number of anilines is 1. The summed E-state index contributed by atoms with van der Waals surface area (Å²) in [7, 11) is 0. The number of rotatable bonds is 4. The van der Waals surface area contributed by atoms with Gasteiger partial charge in [0.25, 0.3) is 5.91 Å². The molecule has 4 rings (SSSR count). The number of quaternary nitrogens is 1. The lowest BCUT2D eigenvalue weighted by Crippen LogP contribution is -3.14. The highest BCUT2D eigenvalue weighted by Crippen LogP contribution is 2.31. The van der Waals surface area contributed by atoms with Crippen molar-refractivity contribution < 1.29 is 18.9 Å². The number of para-hydroxylation sites is 1. The monoisotopic (exact) mass is 416 g/mol. The molecule has 0 saturated carbocycles. The van der Waals surface area contributed by atoms with E-state index in [1.54, 1.807) is 28.7 Å². The van der Waals surface area contributed by atoms with E-state index >= 15 is 0 Å². The van der Waals surface area contributed by atoms with Gasteiger partial charge in [-0.1, -0.05) is 18.2 Å². The van der Waals surface area contributed by atoms with Gasteiger partial charge < -0.3 is 10.2 Å². The van der Waals surface area contributed by atoms with Crippen LogP contribution in [0.4, 0.5) is 14.9 Å². The van der Waals surface area contributed by atoms with Gasteiger partial charge in [0, 0.05) is 16.9 Å². The summed E-state index contributed by atoms with van der Waals surface area (Å²) in [6.07, 6.45) is 0.916. The molecule has 3 aromatic rings. The molecule has 1 aliphatic heterocycles. The van der Waals surface area contributed by atoms with Gasteiger partial charge in [0.2, 0.25) is 0 Å². The first kappa shape index (κ1) is 18.8. The summed E-state index contributed by atoms with van der Waals surface area (Å²) in [5, 5.41) is 8.82. The van der Waals surface area contributed by atoms with Crippen molar-refractivity contribution in [3.8, 4) is 0 Å². The number of halogens is 1. The Morgan fingerprint density at radius 1 is 1.11 bits per heavy atom. The average molecular weight is 417 g/mol. The number of fused-ring (bicyclic) bond motifs is 1. The molecule has 3 N–H and O–H groups in total. The molecule has 8 heteroatoms. The molecule has 2 atom stereocenters. The number of imide groups is 1. The molecule has 0 bridgehead atoms. The van der Waals surface area contributed by atoms with Crippen molar-refractivity contribution in [1.82, 2.24) is 5.32 Å². The third-order valence-corrected chi connectivity index (χ3v) is 6.70. The number of amides is 3. The van der Waals surface area contributed by atoms with Gasteiger partial charge in [-0.3, -0.25) is 10.1 Å². The van der Waals surface area contributed by atoms with Crippen LogP contribution in [-0.2, 0) is 11.2 Å². The minimum atomic E-state index is -0.726. The van der Waals surface area contributed by atoms with Crippen LogP contribution in [0.2, 0.25) is 0 Å². The minimum absolute atomic E-state index is 0.0393. The van der Waals surface area contributed by atoms with Crippen LogP contribution < -0.4 is 15.5 Å². The summed E-state index contributed by atoms with van der Waals surface area (Å²) < 4.78 is 13.6. The predicted molar refractivity (Wildman–Crippen MR) is 108 cm³/mol. The van der Waals surface area contributed by atoms with Crippen LogP contribution in [0.25, 0.3) is 0 Å². The number of carbonyl (C=O) groups is 2. The number of nitrogens with one attached hydrogen (secondary N) is 3. The fourth-order valence-corrected chi connectivity index (χ4v) is 5.36. The van der Waals surface area contributed by atoms with E-state index in [9.17, 15) is 14.0 Å². The van der Waals surface area contributed by atoms with Gasteiger partial charge in [-0.2, -0.15) is 0 Å². The lowest BCUT2D eigenvalue weighted by Gasteiger charge is -2.31. The lowest BCUT2D eigenvalue weighted by molar-refractivity contribution is -0.919. The fourth-order valence-electron chi connectivity index (χ4n) is 3.54. The summed E-state index contributed by atoms with van der Waals surface area (Å²) in [5.41, 5.74) is 1.30. The quantitative estimate of drug-likeness (QED) is 0.613. The molecule has 0 spiro atoms. The van der Waals surface area contributed by atoms with Crippen LogP contribution in [0.1, 0.15) is 21.4 Å². The maximum Gasteiger partial charge on any atom is 0.326 e. The van der Waals surface area contributed by atoms with E-state index in [1.807, 2.05) is 11.4 Å². The van der Waals surface area contributed by atoms with E-state index < -0.39 is 11.8 Å². The minimum Gasteiger partial charge on any atom is -0.316 e. The van der Waals surface area contributed by atoms with E-state index in [2.05, 4.69) is 28.1 Å². The summed E-state index contributed by atoms with van der Waals surface area (Å²) in [6.45, 7) is 0.987. The third-order valence-electron chi connectivity index (χ3n) is 4.76. The van der Waals surface area contributed by atoms with Gasteiger partial charge in [0.1, 0.15) is 11.9 Å². The highest BCUT2D eigenvalue weighted by Gasteiger charge is 2.35. The largest absolute Gasteiger partial charge is 0.326 e. The SMILES string of the molecule is O=C(C[NH+]1CCc2sccc2[C@@H]1c1cccs1)NC(=O)Nc1ccccc1F. The Kier molecular flexibility index (Phi) is 5.52. The second-order valence-corrected chi connectivity index (χ2v) is 8.54. The van der Waals surface area contributed by atoms with Crippen molar-refractivity contribution in [2.75, 3.05) is 18.4 Å². The van der Waals surface area contributed by atoms with Crippen molar-refractivity contribution in [2.24, 2.45) is 0 Å². The second kappa shape index (κ2) is 8.22. The number of hydrogen-bond acceptors (Lipinski definition) is 4. The molecule has 2 aromatic heterocycles. The first-order valence-electron chi connectivity index (χ1n) is 8.91. The van der Waals surface area contributed by atoms with Gasteiger partial charge in [-0.25, -0.2) is 9.18 Å². The molecule has 28 heavy (non-hydrogen) atoms. The van der Waals surface area contributed by atoms with E-state index in [1.165, 1.54) is 33.5 Å². The van der Waals surface area contributed by atoms with Crippen LogP contribution in [0.15, 0.2) is 53.2 Å². The van der Waals surface area contributed by atoms with Crippen LogP contribution >= 0.6 is 22.7 Å². The van der Waals surface area contributed by atoms with Gasteiger partial charge in [0.05, 0.1) is 17.1 Å². The highest BCUT2D eigenvalue weighted by atomic mass is 32.1. The summed E-state index contributed by atoms with van der Waals surface area (Å²) >= 11 is 3.43. The topological polar surface area (TPSA) is 62.6 Å². The maximum absolute atomic E-state index is 13.6. The first-order chi connectivity index (χ1) is 13.6. The Morgan fingerprint density at radius 2 is 1.96 bits per heavy atom. The van der Waals surface area contributed by atoms with Crippen LogP contribution in [-0.4, -0.2) is 25.0 Å². The van der Waals surface area contributed by atoms with Gasteiger partial charge in [-0.15, -0.1) is 22.7 Å². The Labute approximate surface area is 169 Å². The van der Waals surface area contributed by atoms with Crippen molar-refractivity contribution in [2.45, 2.75) is 12.5 Å². The van der Waals surface area contributed by atoms with E-state index in [4.69, 9.17) is 0 Å². The van der Waals surface area contributed by atoms with Crippen molar-refractivity contribution in [3.63, 3.8) is 0 Å². The Hall–Kier alpha value is -2.55. The Balaban J connectivity index is 1.43. The third kappa shape index (κ3) is 3.99. The zero-order valence-corrected chi connectivity index (χ0v) is 16.5. The van der Waals surface area contributed by atoms with E-state index in [0.29, 0.717) is 0 Å². The molecular formula is C20H19FN3O2S2+. The van der Waals surface area contributed by atoms with E-state index in [-0.39, 0.29) is 24.2 Å². The van der Waals surface area contributed by atoms with Gasteiger partial charge >= 0.3 is 6.03 Å². The Bertz CT molecular complexity index is 987. The Morgan fingerprint density at radius 3 is 2.75 bits per heavy atom. The molecule has 5 nitrogen and oxygen atoms in total. The molecule has 0 aliphatic carbocycles. The molecule has 0 fully saturated rings. The molecule has 3 heterocycles. The highest BCUT2D eigenvalue weighted by molar-refractivity contribution is 7.10. The zero-order chi connectivity index (χ0) is 19.5. The van der Waals surface area contributed by atoms with Crippen LogP contribution in [0, 0.1) is 5.82 Å². The fraction of sp³-hybridized carbons (Fsp3) is 0.200. The smallest absolute Gasteiger partial charge is 0.316 e. The summed E-state index contributed by atoms with van der Waals surface area (Å²) in [6, 6.07) is 11.4. The first-order valence-corrected chi connectivity index (χ1v) is 10.7. The zero-order valence-electron chi connectivity index (χ0n) is 14.9. The summed E-state index contributed by atoms with van der Waals surface area (Å²) in [4.78, 5) is 28.2. The van der Waals surface area contributed by atoms with Gasteiger partial charge in [0.15, 0.2) is 6.54 Å². The molecule has 1 aliphatic rings. The second-order valence-electron chi connectivity index (χ2n) is 6.56. The van der Waals surface area contributed by atoms with Crippen molar-refractivity contribution in [1.29, 1.82) is 0 Å². The normalized spacial score (nSPS) is 18.3. The van der Waals surface area contributed by atoms with Crippen LogP contribution in [0.3, 0.4) is 0 Å². The van der Waals surface area contributed by atoms with E-state index in [0.717, 1.165) is 17.9 Å². The van der Waals surface area contributed by atoms with Crippen molar-refractivity contribution >= 4 is 40.3 Å². The molecule has 1 aromatic carbocycles. The molecule has 0 saturated heterocycles. The molecule has 144 valence electrons. The molecule has 0 radical (unpaired) electrons. The standard InChI is InChI=1S/C20H18FN3O2S2/c21-14-4-1-2-5-15(14)22-20(26)23-18(25)12-24-9-7-16-13(8-11-28-16)19(24)17-6-3-10-27-17/h1-6,8,10-11,19H,7,9,12H2,(H2,22,23,25,26)/p+1/t19-/m1/s1. The number of carbonyl (C=O) groups excluding carboxylic acids is 2. The molecule has 1 unspecified atom stereocenters. The number of benzene rings is 1. The predicted octanol–water partition coefficient (Wildman–Crippen LogP) is 2.83. The number of thiophene rings is 2. The van der Waals surface area contributed by atoms with Crippen LogP contribution in [0.5, 0.6) is 0 Å². The average Bonchev–Trinajstić information content (AvgIpc) is 3.35. The number of urea groups is 1. The molecular weight excluding hydrogens is 397 g/mol. The maximum atomic E-state index is 13.6. The molecule has 3 amide bonds. The summed E-state index contributed by atoms with van der Waals surface area (Å²) in [5.74, 6) is -0.932. The lowest BCUT2D eigenvalue weighted by atomic mass is 9.98. The van der Waals surface area contributed by atoms with Crippen molar-refractivity contribution in [3.05, 3.63) is 74.4 Å². The van der Waals surface area contributed by atoms with Gasteiger partial charge in [-0.05, 0) is 35.0 Å². The number of hydrogen-bond donors (Lipinski definition) is 3.